The molecule has 2 aliphatic heterocycles. The van der Waals surface area contributed by atoms with Crippen LogP contribution in [-0.4, -0.2) is 57.9 Å². The van der Waals surface area contributed by atoms with Crippen molar-refractivity contribution in [3.63, 3.8) is 0 Å². The van der Waals surface area contributed by atoms with E-state index in [0.717, 1.165) is 18.2 Å². The lowest BCUT2D eigenvalue weighted by atomic mass is 10.2. The van der Waals surface area contributed by atoms with Gasteiger partial charge in [0.1, 0.15) is 0 Å². The van der Waals surface area contributed by atoms with Gasteiger partial charge in [-0.15, -0.1) is 0 Å². The maximum Gasteiger partial charge on any atom is 0.289 e. The number of Topliss-reactive ketones (excluding diaryl/α,β-unsaturated/α-hetero) is 1. The number of hydrogen-bond donors (Lipinski definition) is 0. The lowest BCUT2D eigenvalue weighted by molar-refractivity contribution is -0.119. The number of ketones is 1. The molecule has 0 N–H and O–H groups in total. The molecule has 2 aliphatic rings. The van der Waals surface area contributed by atoms with Crippen molar-refractivity contribution in [2.24, 2.45) is 0 Å². The number of thioether (sulfide) groups is 1. The third kappa shape index (κ3) is 3.99. The van der Waals surface area contributed by atoms with E-state index in [0.29, 0.717) is 48.5 Å². The number of allylic oxidation sites excluding steroid dienone is 1. The molecular formula is C19H18N4O4S. The van der Waals surface area contributed by atoms with Gasteiger partial charge in [0, 0.05) is 32.4 Å². The normalized spacial score (nSPS) is 19.4. The van der Waals surface area contributed by atoms with Gasteiger partial charge in [-0.2, -0.15) is 0 Å². The number of rotatable bonds is 3. The first-order valence-corrected chi connectivity index (χ1v) is 9.78. The SMILES string of the molecule is O=C1CC(=O)/C(=C/c2ccnc(N3CCCN(C(=O)c4ccco4)CC3)n2)S1. The highest BCUT2D eigenvalue weighted by atomic mass is 32.2. The van der Waals surface area contributed by atoms with E-state index in [9.17, 15) is 14.4 Å². The van der Waals surface area contributed by atoms with E-state index in [1.54, 1.807) is 35.4 Å². The van der Waals surface area contributed by atoms with Crippen molar-refractivity contribution >= 4 is 40.6 Å². The van der Waals surface area contributed by atoms with Crippen LogP contribution >= 0.6 is 11.8 Å². The van der Waals surface area contributed by atoms with Gasteiger partial charge in [0.05, 0.1) is 23.3 Å². The van der Waals surface area contributed by atoms with E-state index >= 15 is 0 Å². The predicted octanol–water partition coefficient (Wildman–Crippen LogP) is 2.00. The van der Waals surface area contributed by atoms with E-state index < -0.39 is 0 Å². The minimum Gasteiger partial charge on any atom is -0.459 e. The summed E-state index contributed by atoms with van der Waals surface area (Å²) < 4.78 is 5.21. The Labute approximate surface area is 165 Å². The Morgan fingerprint density at radius 1 is 1.18 bits per heavy atom. The smallest absolute Gasteiger partial charge is 0.289 e. The van der Waals surface area contributed by atoms with Gasteiger partial charge >= 0.3 is 0 Å². The number of carbonyl (C=O) groups excluding carboxylic acids is 3. The molecule has 8 nitrogen and oxygen atoms in total. The van der Waals surface area contributed by atoms with Gasteiger partial charge in [-0.3, -0.25) is 14.4 Å². The zero-order valence-electron chi connectivity index (χ0n) is 15.0. The van der Waals surface area contributed by atoms with Gasteiger partial charge in [0.2, 0.25) is 11.1 Å². The maximum absolute atomic E-state index is 12.5. The van der Waals surface area contributed by atoms with Gasteiger partial charge in [-0.25, -0.2) is 9.97 Å². The van der Waals surface area contributed by atoms with Gasteiger partial charge in [-0.05, 0) is 42.5 Å². The Kier molecular flexibility index (Phi) is 5.25. The molecule has 0 aromatic carbocycles. The fourth-order valence-electron chi connectivity index (χ4n) is 3.15. The van der Waals surface area contributed by atoms with E-state index in [4.69, 9.17) is 4.42 Å². The first-order chi connectivity index (χ1) is 13.6. The molecule has 0 aliphatic carbocycles. The molecule has 0 atom stereocenters. The van der Waals surface area contributed by atoms with E-state index in [1.165, 1.54) is 6.26 Å². The van der Waals surface area contributed by atoms with E-state index in [-0.39, 0.29) is 23.2 Å². The van der Waals surface area contributed by atoms with Crippen LogP contribution in [0.25, 0.3) is 6.08 Å². The molecule has 0 unspecified atom stereocenters. The lowest BCUT2D eigenvalue weighted by Gasteiger charge is -2.21. The molecule has 2 fully saturated rings. The van der Waals surface area contributed by atoms with Gasteiger partial charge in [-0.1, -0.05) is 0 Å². The summed E-state index contributed by atoms with van der Waals surface area (Å²) in [6.45, 7) is 2.48. The molecule has 9 heteroatoms. The molecule has 1 amide bonds. The minimum atomic E-state index is -0.169. The highest BCUT2D eigenvalue weighted by Gasteiger charge is 2.26. The molecule has 28 heavy (non-hydrogen) atoms. The summed E-state index contributed by atoms with van der Waals surface area (Å²) in [5.41, 5.74) is 0.586. The highest BCUT2D eigenvalue weighted by molar-refractivity contribution is 8.18. The number of carbonyl (C=O) groups is 3. The Hall–Kier alpha value is -2.94. The van der Waals surface area contributed by atoms with Crippen molar-refractivity contribution < 1.29 is 18.8 Å². The molecule has 0 saturated carbocycles. The molecular weight excluding hydrogens is 380 g/mol. The molecule has 0 radical (unpaired) electrons. The molecule has 144 valence electrons. The van der Waals surface area contributed by atoms with Crippen LogP contribution in [0.2, 0.25) is 0 Å². The summed E-state index contributed by atoms with van der Waals surface area (Å²) in [7, 11) is 0. The zero-order valence-corrected chi connectivity index (χ0v) is 15.9. The van der Waals surface area contributed by atoms with Crippen LogP contribution in [0.1, 0.15) is 29.1 Å². The van der Waals surface area contributed by atoms with Crippen molar-refractivity contribution in [1.82, 2.24) is 14.9 Å². The molecule has 0 bridgehead atoms. The molecule has 2 aromatic heterocycles. The first kappa shape index (κ1) is 18.4. The van der Waals surface area contributed by atoms with Crippen LogP contribution in [0.15, 0.2) is 40.0 Å². The second-order valence-electron chi connectivity index (χ2n) is 6.47. The monoisotopic (exact) mass is 398 g/mol. The van der Waals surface area contributed by atoms with Gasteiger partial charge < -0.3 is 14.2 Å². The third-order valence-corrected chi connectivity index (χ3v) is 5.48. The van der Waals surface area contributed by atoms with Crippen LogP contribution in [-0.2, 0) is 9.59 Å². The Morgan fingerprint density at radius 3 is 2.82 bits per heavy atom. The lowest BCUT2D eigenvalue weighted by Crippen LogP contribution is -2.35. The van der Waals surface area contributed by atoms with Crippen molar-refractivity contribution in [2.75, 3.05) is 31.1 Å². The van der Waals surface area contributed by atoms with Crippen molar-refractivity contribution in [2.45, 2.75) is 12.8 Å². The quantitative estimate of drug-likeness (QED) is 0.572. The summed E-state index contributed by atoms with van der Waals surface area (Å²) in [4.78, 5) is 48.7. The summed E-state index contributed by atoms with van der Waals surface area (Å²) >= 11 is 0.961. The fraction of sp³-hybridized carbons (Fsp3) is 0.316. The zero-order chi connectivity index (χ0) is 19.5. The van der Waals surface area contributed by atoms with Crippen LogP contribution < -0.4 is 4.90 Å². The largest absolute Gasteiger partial charge is 0.459 e. The number of nitrogens with zero attached hydrogens (tertiary/aromatic N) is 4. The van der Waals surface area contributed by atoms with Crippen LogP contribution in [0, 0.1) is 0 Å². The Morgan fingerprint density at radius 2 is 2.07 bits per heavy atom. The maximum atomic E-state index is 12.5. The molecule has 4 rings (SSSR count). The van der Waals surface area contributed by atoms with Crippen LogP contribution in [0.5, 0.6) is 0 Å². The summed E-state index contributed by atoms with van der Waals surface area (Å²) in [5, 5.41) is -0.139. The topological polar surface area (TPSA) is 96.6 Å². The van der Waals surface area contributed by atoms with Gasteiger partial charge in [0.25, 0.3) is 5.91 Å². The number of hydrogen-bond acceptors (Lipinski definition) is 8. The van der Waals surface area contributed by atoms with Gasteiger partial charge in [0.15, 0.2) is 11.5 Å². The fourth-order valence-corrected chi connectivity index (χ4v) is 3.96. The summed E-state index contributed by atoms with van der Waals surface area (Å²) in [5.74, 6) is 0.597. The average molecular weight is 398 g/mol. The average Bonchev–Trinajstić information content (AvgIpc) is 3.24. The van der Waals surface area contributed by atoms with Crippen molar-refractivity contribution in [3.05, 3.63) is 47.0 Å². The van der Waals surface area contributed by atoms with Crippen LogP contribution in [0.3, 0.4) is 0 Å². The van der Waals surface area contributed by atoms with E-state index in [2.05, 4.69) is 9.97 Å². The second-order valence-corrected chi connectivity index (χ2v) is 7.57. The Balaban J connectivity index is 1.46. The van der Waals surface area contributed by atoms with Crippen LogP contribution in [0.4, 0.5) is 5.95 Å². The number of amides is 1. The molecule has 2 saturated heterocycles. The molecule has 0 spiro atoms. The second kappa shape index (κ2) is 7.97. The number of anilines is 1. The minimum absolute atomic E-state index is 0.0555. The summed E-state index contributed by atoms with van der Waals surface area (Å²) in [6.07, 6.45) is 5.49. The third-order valence-electron chi connectivity index (χ3n) is 4.54. The number of aromatic nitrogens is 2. The first-order valence-electron chi connectivity index (χ1n) is 8.96. The molecule has 4 heterocycles. The van der Waals surface area contributed by atoms with E-state index in [1.807, 2.05) is 4.90 Å². The highest BCUT2D eigenvalue weighted by Crippen LogP contribution is 2.30. The van der Waals surface area contributed by atoms with Crippen molar-refractivity contribution in [3.8, 4) is 0 Å². The molecule has 2 aromatic rings. The number of furan rings is 1. The van der Waals surface area contributed by atoms with Crippen molar-refractivity contribution in [1.29, 1.82) is 0 Å². The summed E-state index contributed by atoms with van der Waals surface area (Å²) in [6, 6.07) is 5.07. The standard InChI is InChI=1S/C19H18N4O4S/c24-14-12-17(25)28-16(14)11-13-4-5-20-19(21-13)23-7-2-6-22(8-9-23)18(26)15-3-1-10-27-15/h1,3-5,10-11H,2,6-9,12H2/b16-11-. The predicted molar refractivity (Wildman–Crippen MR) is 104 cm³/mol. The Bertz CT molecular complexity index is 941.